The molecule has 1 atom stereocenters. The lowest BCUT2D eigenvalue weighted by atomic mass is 10.1. The van der Waals surface area contributed by atoms with Crippen LogP contribution in [-0.4, -0.2) is 46.3 Å². The minimum atomic E-state index is -1.15. The van der Waals surface area contributed by atoms with E-state index in [1.165, 1.54) is 18.2 Å². The summed E-state index contributed by atoms with van der Waals surface area (Å²) in [6.07, 6.45) is 0.682. The maximum atomic E-state index is 12.4. The Kier molecular flexibility index (Phi) is 2.97. The summed E-state index contributed by atoms with van der Waals surface area (Å²) < 4.78 is 0. The van der Waals surface area contributed by atoms with Crippen LogP contribution < -0.4 is 5.32 Å². The molecule has 2 aliphatic heterocycles. The Morgan fingerprint density at radius 3 is 2.52 bits per heavy atom. The van der Waals surface area contributed by atoms with Gasteiger partial charge in [0.1, 0.15) is 0 Å². The molecular formula is C14H12N2O5. The number of piperidine rings is 1. The zero-order valence-electron chi connectivity index (χ0n) is 11.0. The van der Waals surface area contributed by atoms with Crippen molar-refractivity contribution in [3.63, 3.8) is 0 Å². The molecule has 1 fully saturated rings. The number of carboxylic acids is 1. The quantitative estimate of drug-likeness (QED) is 0.760. The van der Waals surface area contributed by atoms with Gasteiger partial charge in [0.25, 0.3) is 11.8 Å². The summed E-state index contributed by atoms with van der Waals surface area (Å²) >= 11 is 0. The van der Waals surface area contributed by atoms with Crippen LogP contribution in [0.5, 0.6) is 0 Å². The number of carboxylic acid groups (broad SMARTS) is 1. The average Bonchev–Trinajstić information content (AvgIpc) is 2.72. The fraction of sp³-hybridized carbons (Fsp3) is 0.286. The number of nitrogens with zero attached hydrogens (tertiary/aromatic N) is 1. The Morgan fingerprint density at radius 2 is 1.90 bits per heavy atom. The molecule has 7 heteroatoms. The number of benzene rings is 1. The molecule has 7 nitrogen and oxygen atoms in total. The van der Waals surface area contributed by atoms with Crippen molar-refractivity contribution in [2.24, 2.45) is 0 Å². The summed E-state index contributed by atoms with van der Waals surface area (Å²) in [5, 5.41) is 11.6. The van der Waals surface area contributed by atoms with Crippen molar-refractivity contribution in [2.75, 3.05) is 6.54 Å². The third kappa shape index (κ3) is 2.06. The number of carbonyl (C=O) groups is 4. The monoisotopic (exact) mass is 288 g/mol. The number of fused-ring (bicyclic) bond motifs is 1. The first-order chi connectivity index (χ1) is 9.99. The van der Waals surface area contributed by atoms with Crippen molar-refractivity contribution in [3.8, 4) is 0 Å². The van der Waals surface area contributed by atoms with Gasteiger partial charge in [-0.1, -0.05) is 0 Å². The number of nitrogens with one attached hydrogen (secondary N) is 1. The minimum Gasteiger partial charge on any atom is -0.478 e. The smallest absolute Gasteiger partial charge is 0.335 e. The SMILES string of the molecule is O=C1CCC(N2C(=O)c3ccc(C(=O)O)cc3C2=O)CN1. The third-order valence-electron chi connectivity index (χ3n) is 3.77. The van der Waals surface area contributed by atoms with Gasteiger partial charge in [0, 0.05) is 13.0 Å². The van der Waals surface area contributed by atoms with Gasteiger partial charge in [-0.15, -0.1) is 0 Å². The highest BCUT2D eigenvalue weighted by molar-refractivity contribution is 6.22. The lowest BCUT2D eigenvalue weighted by molar-refractivity contribution is -0.123. The number of carbonyl (C=O) groups excluding carboxylic acids is 3. The molecule has 0 aromatic heterocycles. The van der Waals surface area contributed by atoms with E-state index >= 15 is 0 Å². The van der Waals surface area contributed by atoms with Gasteiger partial charge < -0.3 is 10.4 Å². The van der Waals surface area contributed by atoms with Crippen molar-refractivity contribution in [3.05, 3.63) is 34.9 Å². The van der Waals surface area contributed by atoms with Gasteiger partial charge >= 0.3 is 5.97 Å². The molecule has 108 valence electrons. The highest BCUT2D eigenvalue weighted by atomic mass is 16.4. The maximum Gasteiger partial charge on any atom is 0.335 e. The molecule has 0 bridgehead atoms. The van der Waals surface area contributed by atoms with Crippen molar-refractivity contribution in [2.45, 2.75) is 18.9 Å². The van der Waals surface area contributed by atoms with Crippen LogP contribution in [-0.2, 0) is 4.79 Å². The van der Waals surface area contributed by atoms with Crippen molar-refractivity contribution in [1.82, 2.24) is 10.2 Å². The molecule has 2 N–H and O–H groups in total. The number of amides is 3. The van der Waals surface area contributed by atoms with Crippen LogP contribution in [0.3, 0.4) is 0 Å². The molecular weight excluding hydrogens is 276 g/mol. The molecule has 0 spiro atoms. The topological polar surface area (TPSA) is 104 Å². The summed E-state index contributed by atoms with van der Waals surface area (Å²) in [6, 6.07) is 3.50. The molecule has 2 heterocycles. The van der Waals surface area contributed by atoms with E-state index in [9.17, 15) is 19.2 Å². The molecule has 3 rings (SSSR count). The lowest BCUT2D eigenvalue weighted by Gasteiger charge is -2.29. The summed E-state index contributed by atoms with van der Waals surface area (Å²) in [5.74, 6) is -2.19. The summed E-state index contributed by atoms with van der Waals surface area (Å²) in [4.78, 5) is 47.9. The van der Waals surface area contributed by atoms with Crippen LogP contribution in [0.15, 0.2) is 18.2 Å². The normalized spacial score (nSPS) is 21.2. The van der Waals surface area contributed by atoms with E-state index in [0.717, 1.165) is 4.90 Å². The van der Waals surface area contributed by atoms with Crippen LogP contribution in [0.1, 0.15) is 43.9 Å². The molecule has 2 aliphatic rings. The molecule has 21 heavy (non-hydrogen) atoms. The minimum absolute atomic E-state index is 0.0336. The Morgan fingerprint density at radius 1 is 1.19 bits per heavy atom. The number of hydrogen-bond acceptors (Lipinski definition) is 4. The highest BCUT2D eigenvalue weighted by Gasteiger charge is 2.41. The Hall–Kier alpha value is -2.70. The first kappa shape index (κ1) is 13.3. The van der Waals surface area contributed by atoms with Gasteiger partial charge in [-0.05, 0) is 24.6 Å². The van der Waals surface area contributed by atoms with Crippen LogP contribution in [0.2, 0.25) is 0 Å². The van der Waals surface area contributed by atoms with E-state index in [4.69, 9.17) is 5.11 Å². The molecule has 1 unspecified atom stereocenters. The van der Waals surface area contributed by atoms with Crippen molar-refractivity contribution < 1.29 is 24.3 Å². The third-order valence-corrected chi connectivity index (χ3v) is 3.77. The van der Waals surface area contributed by atoms with Gasteiger partial charge in [0.05, 0.1) is 22.7 Å². The molecule has 0 radical (unpaired) electrons. The second-order valence-electron chi connectivity index (χ2n) is 5.04. The van der Waals surface area contributed by atoms with E-state index in [0.29, 0.717) is 6.42 Å². The Balaban J connectivity index is 1.93. The van der Waals surface area contributed by atoms with E-state index in [1.807, 2.05) is 0 Å². The summed E-state index contributed by atoms with van der Waals surface area (Å²) in [5.41, 5.74) is 0.285. The Bertz CT molecular complexity index is 672. The fourth-order valence-electron chi connectivity index (χ4n) is 2.66. The second-order valence-corrected chi connectivity index (χ2v) is 5.04. The predicted octanol–water partition coefficient (Wildman–Crippen LogP) is 0.259. The first-order valence-electron chi connectivity index (χ1n) is 6.51. The maximum absolute atomic E-state index is 12.4. The van der Waals surface area contributed by atoms with Crippen LogP contribution in [0.25, 0.3) is 0 Å². The first-order valence-corrected chi connectivity index (χ1v) is 6.51. The second kappa shape index (κ2) is 4.69. The standard InChI is InChI=1S/C14H12N2O5/c17-11-4-2-8(6-15-11)16-12(18)9-3-1-7(14(20)21)5-10(9)13(16)19/h1,3,5,8H,2,4,6H2,(H,15,17)(H,20,21). The van der Waals surface area contributed by atoms with E-state index in [1.54, 1.807) is 0 Å². The largest absolute Gasteiger partial charge is 0.478 e. The Labute approximate surface area is 119 Å². The highest BCUT2D eigenvalue weighted by Crippen LogP contribution is 2.27. The van der Waals surface area contributed by atoms with Gasteiger partial charge in [-0.25, -0.2) is 4.79 Å². The number of aromatic carboxylic acids is 1. The summed E-state index contributed by atoms with van der Waals surface area (Å²) in [7, 11) is 0. The fourth-order valence-corrected chi connectivity index (χ4v) is 2.66. The number of hydrogen-bond donors (Lipinski definition) is 2. The zero-order valence-corrected chi connectivity index (χ0v) is 11.0. The van der Waals surface area contributed by atoms with E-state index in [-0.39, 0.29) is 41.6 Å². The molecule has 1 aromatic carbocycles. The van der Waals surface area contributed by atoms with Gasteiger partial charge in [0.2, 0.25) is 5.91 Å². The molecule has 1 aromatic rings. The molecule has 1 saturated heterocycles. The zero-order chi connectivity index (χ0) is 15.1. The average molecular weight is 288 g/mol. The lowest BCUT2D eigenvalue weighted by Crippen LogP contribution is -2.50. The van der Waals surface area contributed by atoms with Gasteiger partial charge in [0.15, 0.2) is 0 Å². The molecule has 0 aliphatic carbocycles. The molecule has 3 amide bonds. The number of rotatable bonds is 2. The van der Waals surface area contributed by atoms with Gasteiger partial charge in [-0.2, -0.15) is 0 Å². The van der Waals surface area contributed by atoms with Gasteiger partial charge in [-0.3, -0.25) is 19.3 Å². The van der Waals surface area contributed by atoms with E-state index < -0.39 is 17.8 Å². The van der Waals surface area contributed by atoms with Crippen LogP contribution in [0.4, 0.5) is 0 Å². The van der Waals surface area contributed by atoms with Crippen molar-refractivity contribution >= 4 is 23.7 Å². The summed E-state index contributed by atoms with van der Waals surface area (Å²) in [6.45, 7) is 0.232. The predicted molar refractivity (Wildman–Crippen MR) is 69.9 cm³/mol. The van der Waals surface area contributed by atoms with Crippen molar-refractivity contribution in [1.29, 1.82) is 0 Å². The van der Waals surface area contributed by atoms with Crippen LogP contribution in [0, 0.1) is 0 Å². The van der Waals surface area contributed by atoms with E-state index in [2.05, 4.69) is 5.32 Å². The molecule has 0 saturated carbocycles. The van der Waals surface area contributed by atoms with Crippen LogP contribution >= 0.6 is 0 Å². The number of imide groups is 1.